The molecule has 39 heavy (non-hydrogen) atoms. The summed E-state index contributed by atoms with van der Waals surface area (Å²) in [6.07, 6.45) is 1.66. The molecule has 6 heteroatoms. The number of hydrogen-bond acceptors (Lipinski definition) is 4. The van der Waals surface area contributed by atoms with Crippen molar-refractivity contribution in [1.29, 1.82) is 0 Å². The highest BCUT2D eigenvalue weighted by Gasteiger charge is 2.46. The van der Waals surface area contributed by atoms with Gasteiger partial charge in [-0.1, -0.05) is 54.6 Å². The summed E-state index contributed by atoms with van der Waals surface area (Å²) in [4.78, 5) is 12.3. The lowest BCUT2D eigenvalue weighted by Crippen LogP contribution is -3.00. The summed E-state index contributed by atoms with van der Waals surface area (Å²) >= 11 is 0. The van der Waals surface area contributed by atoms with Crippen molar-refractivity contribution in [2.45, 2.75) is 32.9 Å². The Hall–Kier alpha value is -3.33. The Balaban J connectivity index is 0.00000420. The smallest absolute Gasteiger partial charge is 0.306 e. The molecule has 0 N–H and O–H groups in total. The third kappa shape index (κ3) is 7.01. The van der Waals surface area contributed by atoms with Crippen molar-refractivity contribution in [3.63, 3.8) is 0 Å². The van der Waals surface area contributed by atoms with Crippen molar-refractivity contribution < 1.29 is 31.4 Å². The molecule has 0 aliphatic heterocycles. The quantitative estimate of drug-likeness (QED) is 0.197. The Bertz CT molecular complexity index is 1220. The highest BCUT2D eigenvalue weighted by Crippen LogP contribution is 2.59. The van der Waals surface area contributed by atoms with Gasteiger partial charge in [0, 0.05) is 6.42 Å². The number of carbonyl (C=O) groups is 1. The fourth-order valence-electron chi connectivity index (χ4n) is 4.95. The lowest BCUT2D eigenvalue weighted by atomic mass is 10.0. The van der Waals surface area contributed by atoms with Gasteiger partial charge in [0.1, 0.15) is 23.2 Å². The molecule has 0 radical (unpaired) electrons. The van der Waals surface area contributed by atoms with Crippen LogP contribution in [0.15, 0.2) is 103 Å². The zero-order valence-electron chi connectivity index (χ0n) is 22.8. The number of carbonyl (C=O) groups excluding carboxylic acids is 1. The van der Waals surface area contributed by atoms with Gasteiger partial charge in [-0.05, 0) is 79.9 Å². The van der Waals surface area contributed by atoms with Gasteiger partial charge in [-0.15, -0.1) is 0 Å². The molecule has 0 saturated heterocycles. The SMILES string of the molecule is CCOC(=O)CCc1cc(OC)c(OCC)cc1C[P+](c1ccccc1)(c1ccccc1)c1ccccc1.[Cl-]. The minimum Gasteiger partial charge on any atom is -1.00 e. The van der Waals surface area contributed by atoms with E-state index in [9.17, 15) is 4.79 Å². The van der Waals surface area contributed by atoms with Crippen LogP contribution >= 0.6 is 7.26 Å². The second-order valence-corrected chi connectivity index (χ2v) is 12.5. The second-order valence-electron chi connectivity index (χ2n) is 8.98. The number of benzene rings is 4. The Labute approximate surface area is 239 Å². The number of halogens is 1. The second kappa shape index (κ2) is 14.7. The molecular formula is C33H36ClO4P. The van der Waals surface area contributed by atoms with Gasteiger partial charge in [-0.2, -0.15) is 0 Å². The molecular weight excluding hydrogens is 527 g/mol. The van der Waals surface area contributed by atoms with Crippen LogP contribution in [0.3, 0.4) is 0 Å². The zero-order valence-corrected chi connectivity index (χ0v) is 24.5. The summed E-state index contributed by atoms with van der Waals surface area (Å²) in [5.74, 6) is 1.20. The molecule has 0 bridgehead atoms. The Kier molecular flexibility index (Phi) is 11.4. The van der Waals surface area contributed by atoms with E-state index < -0.39 is 7.26 Å². The van der Waals surface area contributed by atoms with E-state index in [4.69, 9.17) is 14.2 Å². The highest BCUT2D eigenvalue weighted by molar-refractivity contribution is 7.95. The predicted molar refractivity (Wildman–Crippen MR) is 158 cm³/mol. The fraction of sp³-hybridized carbons (Fsp3) is 0.242. The van der Waals surface area contributed by atoms with Crippen molar-refractivity contribution >= 4 is 29.1 Å². The lowest BCUT2D eigenvalue weighted by Gasteiger charge is -2.29. The number of aryl methyl sites for hydroxylation is 1. The fourth-order valence-corrected chi connectivity index (χ4v) is 9.24. The topological polar surface area (TPSA) is 44.8 Å². The first-order chi connectivity index (χ1) is 18.6. The normalized spacial score (nSPS) is 10.8. The molecule has 204 valence electrons. The summed E-state index contributed by atoms with van der Waals surface area (Å²) in [7, 11) is -0.482. The van der Waals surface area contributed by atoms with Crippen LogP contribution < -0.4 is 37.8 Å². The van der Waals surface area contributed by atoms with Gasteiger partial charge < -0.3 is 26.6 Å². The van der Waals surface area contributed by atoms with E-state index in [1.165, 1.54) is 15.9 Å². The number of rotatable bonds is 12. The number of hydrogen-bond donors (Lipinski definition) is 0. The van der Waals surface area contributed by atoms with Crippen molar-refractivity contribution in [2.75, 3.05) is 20.3 Å². The molecule has 0 fully saturated rings. The Morgan fingerprint density at radius 1 is 0.692 bits per heavy atom. The minimum absolute atomic E-state index is 0. The molecule has 4 aromatic rings. The van der Waals surface area contributed by atoms with Crippen LogP contribution in [0, 0.1) is 0 Å². The monoisotopic (exact) mass is 562 g/mol. The van der Waals surface area contributed by atoms with E-state index in [-0.39, 0.29) is 18.4 Å². The van der Waals surface area contributed by atoms with Gasteiger partial charge in [0.2, 0.25) is 0 Å². The summed E-state index contributed by atoms with van der Waals surface area (Å²) in [5, 5.41) is 3.92. The third-order valence-electron chi connectivity index (χ3n) is 6.69. The van der Waals surface area contributed by atoms with E-state index in [0.717, 1.165) is 23.0 Å². The van der Waals surface area contributed by atoms with Crippen molar-refractivity contribution in [3.8, 4) is 11.5 Å². The maximum atomic E-state index is 12.3. The van der Waals surface area contributed by atoms with Gasteiger partial charge in [-0.25, -0.2) is 0 Å². The van der Waals surface area contributed by atoms with E-state index in [2.05, 4.69) is 97.1 Å². The molecule has 0 atom stereocenters. The molecule has 0 aromatic heterocycles. The van der Waals surface area contributed by atoms with Crippen molar-refractivity contribution in [1.82, 2.24) is 0 Å². The largest absolute Gasteiger partial charge is 1.00 e. The molecule has 0 amide bonds. The van der Waals surface area contributed by atoms with Gasteiger partial charge in [0.15, 0.2) is 11.5 Å². The average Bonchev–Trinajstić information content (AvgIpc) is 2.97. The summed E-state index contributed by atoms with van der Waals surface area (Å²) in [5.41, 5.74) is 2.23. The molecule has 0 unspecified atom stereocenters. The first-order valence-corrected chi connectivity index (χ1v) is 15.1. The van der Waals surface area contributed by atoms with Gasteiger partial charge in [0.25, 0.3) is 0 Å². The van der Waals surface area contributed by atoms with Crippen molar-refractivity contribution in [2.24, 2.45) is 0 Å². The molecule has 0 heterocycles. The maximum Gasteiger partial charge on any atom is 0.306 e. The van der Waals surface area contributed by atoms with Crippen LogP contribution in [-0.2, 0) is 22.1 Å². The molecule has 0 aliphatic rings. The van der Waals surface area contributed by atoms with Crippen molar-refractivity contribution in [3.05, 3.63) is 114 Å². The van der Waals surface area contributed by atoms with E-state index >= 15 is 0 Å². The number of ether oxygens (including phenoxy) is 3. The number of methoxy groups -OCH3 is 1. The first kappa shape index (κ1) is 30.2. The van der Waals surface area contributed by atoms with Gasteiger partial charge in [-0.3, -0.25) is 4.79 Å². The highest BCUT2D eigenvalue weighted by atomic mass is 35.5. The van der Waals surface area contributed by atoms with Crippen LogP contribution in [0.25, 0.3) is 0 Å². The van der Waals surface area contributed by atoms with E-state index in [1.807, 2.05) is 19.9 Å². The maximum absolute atomic E-state index is 12.3. The minimum atomic E-state index is -2.14. The molecule has 4 aromatic carbocycles. The van der Waals surface area contributed by atoms with Crippen LogP contribution in [0.5, 0.6) is 11.5 Å². The summed E-state index contributed by atoms with van der Waals surface area (Å²) in [6, 6.07) is 36.6. The standard InChI is InChI=1S/C33H36O4P.ClH/c1-4-36-32-24-27(26(23-31(32)35-3)21-22-33(34)37-5-2)25-38(28-15-9-6-10-16-28,29-17-11-7-12-18-29)30-19-13-8-14-20-30;/h6-20,23-24H,4-5,21-22,25H2,1-3H3;1H/q+1;/p-1. The first-order valence-electron chi connectivity index (χ1n) is 13.2. The van der Waals surface area contributed by atoms with E-state index in [1.54, 1.807) is 7.11 Å². The molecule has 4 nitrogen and oxygen atoms in total. The van der Waals surface area contributed by atoms with Crippen LogP contribution in [-0.4, -0.2) is 26.3 Å². The summed E-state index contributed by atoms with van der Waals surface area (Å²) < 4.78 is 17.0. The lowest BCUT2D eigenvalue weighted by molar-refractivity contribution is -0.143. The molecule has 0 spiro atoms. The summed E-state index contributed by atoms with van der Waals surface area (Å²) in [6.45, 7) is 4.72. The number of esters is 1. The van der Waals surface area contributed by atoms with E-state index in [0.29, 0.717) is 31.8 Å². The molecule has 4 rings (SSSR count). The molecule has 0 aliphatic carbocycles. The zero-order chi connectivity index (χ0) is 26.8. The molecule has 0 saturated carbocycles. The average molecular weight is 563 g/mol. The Morgan fingerprint density at radius 3 is 1.62 bits per heavy atom. The van der Waals surface area contributed by atoms with Crippen LogP contribution in [0.2, 0.25) is 0 Å². The van der Waals surface area contributed by atoms with Crippen LogP contribution in [0.4, 0.5) is 0 Å². The van der Waals surface area contributed by atoms with Gasteiger partial charge in [0.05, 0.1) is 26.5 Å². The van der Waals surface area contributed by atoms with Crippen LogP contribution in [0.1, 0.15) is 31.4 Å². The third-order valence-corrected chi connectivity index (χ3v) is 11.0. The Morgan fingerprint density at radius 2 is 1.18 bits per heavy atom. The van der Waals surface area contributed by atoms with Gasteiger partial charge >= 0.3 is 5.97 Å². The predicted octanol–water partition coefficient (Wildman–Crippen LogP) is 3.09.